The lowest BCUT2D eigenvalue weighted by Gasteiger charge is -2.17. The van der Waals surface area contributed by atoms with E-state index in [4.69, 9.17) is 5.26 Å². The van der Waals surface area contributed by atoms with Crippen molar-refractivity contribution in [2.45, 2.75) is 18.5 Å². The van der Waals surface area contributed by atoms with Crippen LogP contribution in [-0.2, 0) is 4.79 Å². The third-order valence-electron chi connectivity index (χ3n) is 4.47. The van der Waals surface area contributed by atoms with Gasteiger partial charge in [0.1, 0.15) is 5.82 Å². The largest absolute Gasteiger partial charge is 0.344 e. The molecule has 2 aromatic carbocycles. The Morgan fingerprint density at radius 3 is 2.79 bits per heavy atom. The summed E-state index contributed by atoms with van der Waals surface area (Å²) in [4.78, 5) is 31.5. The number of thioether (sulfide) groups is 1. The monoisotopic (exact) mass is 410 g/mol. The van der Waals surface area contributed by atoms with Crippen molar-refractivity contribution >= 4 is 28.6 Å². The Balaban J connectivity index is 2.03. The standard InChI is InChI=1S/C21H19FN4O2S/c1-14-8-9-15(12-17(14)22)26-20(28)16-6-3-4-7-18(16)24-21(26)29-13-19(27)25(2)11-5-10-23/h3-4,6-9,12H,5,11,13H2,1-2H3. The summed E-state index contributed by atoms with van der Waals surface area (Å²) in [6.07, 6.45) is 0.245. The number of aromatic nitrogens is 2. The van der Waals surface area contributed by atoms with Crippen LogP contribution in [0.15, 0.2) is 52.4 Å². The topological polar surface area (TPSA) is 79.0 Å². The molecule has 0 aliphatic heterocycles. The summed E-state index contributed by atoms with van der Waals surface area (Å²) < 4.78 is 15.5. The van der Waals surface area contributed by atoms with E-state index >= 15 is 0 Å². The molecule has 0 fully saturated rings. The molecule has 6 nitrogen and oxygen atoms in total. The molecule has 3 rings (SSSR count). The Kier molecular flexibility index (Phi) is 6.29. The Bertz CT molecular complexity index is 1170. The lowest BCUT2D eigenvalue weighted by Crippen LogP contribution is -2.29. The van der Waals surface area contributed by atoms with Crippen molar-refractivity contribution in [2.24, 2.45) is 0 Å². The third-order valence-corrected chi connectivity index (χ3v) is 5.39. The highest BCUT2D eigenvalue weighted by atomic mass is 32.2. The fourth-order valence-electron chi connectivity index (χ4n) is 2.74. The van der Waals surface area contributed by atoms with Crippen molar-refractivity contribution in [3.63, 3.8) is 0 Å². The smallest absolute Gasteiger partial charge is 0.266 e. The number of nitrogens with zero attached hydrogens (tertiary/aromatic N) is 4. The molecule has 1 amide bonds. The lowest BCUT2D eigenvalue weighted by molar-refractivity contribution is -0.127. The highest BCUT2D eigenvalue weighted by molar-refractivity contribution is 7.99. The van der Waals surface area contributed by atoms with Gasteiger partial charge in [-0.1, -0.05) is 30.0 Å². The van der Waals surface area contributed by atoms with E-state index in [-0.39, 0.29) is 23.6 Å². The van der Waals surface area contributed by atoms with E-state index in [2.05, 4.69) is 4.98 Å². The maximum atomic E-state index is 14.2. The van der Waals surface area contributed by atoms with Crippen LogP contribution in [0.4, 0.5) is 4.39 Å². The van der Waals surface area contributed by atoms with Gasteiger partial charge >= 0.3 is 0 Å². The van der Waals surface area contributed by atoms with E-state index in [0.717, 1.165) is 11.8 Å². The molecule has 0 bridgehead atoms. The molecule has 0 unspecified atom stereocenters. The number of aryl methyl sites for hydroxylation is 1. The normalized spacial score (nSPS) is 10.7. The van der Waals surface area contributed by atoms with Gasteiger partial charge in [0.05, 0.1) is 34.8 Å². The molecule has 3 aromatic rings. The number of nitriles is 1. The molecule has 1 heterocycles. The summed E-state index contributed by atoms with van der Waals surface area (Å²) in [5.74, 6) is -0.568. The van der Waals surface area contributed by atoms with Gasteiger partial charge in [-0.2, -0.15) is 5.26 Å². The second kappa shape index (κ2) is 8.88. The van der Waals surface area contributed by atoms with Crippen molar-refractivity contribution < 1.29 is 9.18 Å². The van der Waals surface area contributed by atoms with Gasteiger partial charge in [0.25, 0.3) is 5.56 Å². The second-order valence-electron chi connectivity index (χ2n) is 6.50. The predicted molar refractivity (Wildman–Crippen MR) is 111 cm³/mol. The molecule has 148 valence electrons. The summed E-state index contributed by atoms with van der Waals surface area (Å²) in [5, 5.41) is 9.39. The zero-order valence-electron chi connectivity index (χ0n) is 16.1. The number of rotatable bonds is 6. The van der Waals surface area contributed by atoms with Gasteiger partial charge in [-0.25, -0.2) is 9.37 Å². The fraction of sp³-hybridized carbons (Fsp3) is 0.238. The molecule has 0 aliphatic rings. The minimum absolute atomic E-state index is 0.0427. The maximum Gasteiger partial charge on any atom is 0.266 e. The molecule has 29 heavy (non-hydrogen) atoms. The van der Waals surface area contributed by atoms with Crippen LogP contribution in [-0.4, -0.2) is 39.7 Å². The number of para-hydroxylation sites is 1. The SMILES string of the molecule is Cc1ccc(-n2c(SCC(=O)N(C)CCC#N)nc3ccccc3c2=O)cc1F. The number of hydrogen-bond donors (Lipinski definition) is 0. The number of hydrogen-bond acceptors (Lipinski definition) is 5. The predicted octanol–water partition coefficient (Wildman–Crippen LogP) is 3.30. The first-order valence-electron chi connectivity index (χ1n) is 8.94. The summed E-state index contributed by atoms with van der Waals surface area (Å²) in [6.45, 7) is 1.98. The van der Waals surface area contributed by atoms with Crippen LogP contribution >= 0.6 is 11.8 Å². The van der Waals surface area contributed by atoms with Crippen LogP contribution in [0.25, 0.3) is 16.6 Å². The van der Waals surface area contributed by atoms with E-state index in [1.807, 2.05) is 6.07 Å². The average molecular weight is 410 g/mol. The molecule has 0 aliphatic carbocycles. The van der Waals surface area contributed by atoms with Gasteiger partial charge < -0.3 is 4.90 Å². The number of halogens is 1. The Hall–Kier alpha value is -3.18. The summed E-state index contributed by atoms with van der Waals surface area (Å²) in [7, 11) is 1.62. The molecule has 0 N–H and O–H groups in total. The molecular weight excluding hydrogens is 391 g/mol. The number of amides is 1. The fourth-order valence-corrected chi connectivity index (χ4v) is 3.69. The number of carbonyl (C=O) groups excluding carboxylic acids is 1. The summed E-state index contributed by atoms with van der Waals surface area (Å²) in [6, 6.07) is 13.5. The third kappa shape index (κ3) is 4.46. The van der Waals surface area contributed by atoms with E-state index in [9.17, 15) is 14.0 Å². The Morgan fingerprint density at radius 1 is 1.31 bits per heavy atom. The number of benzene rings is 2. The molecule has 8 heteroatoms. The molecule has 0 radical (unpaired) electrons. The van der Waals surface area contributed by atoms with E-state index in [0.29, 0.717) is 33.9 Å². The van der Waals surface area contributed by atoms with Crippen molar-refractivity contribution in [2.75, 3.05) is 19.3 Å². The molecule has 0 atom stereocenters. The summed E-state index contributed by atoms with van der Waals surface area (Å²) >= 11 is 1.11. The summed E-state index contributed by atoms with van der Waals surface area (Å²) in [5.41, 5.74) is 1.00. The molecule has 1 aromatic heterocycles. The molecule has 0 saturated heterocycles. The molecule has 0 saturated carbocycles. The second-order valence-corrected chi connectivity index (χ2v) is 7.44. The van der Waals surface area contributed by atoms with Gasteiger partial charge in [0, 0.05) is 13.6 Å². The van der Waals surface area contributed by atoms with Gasteiger partial charge in [0.15, 0.2) is 5.16 Å². The van der Waals surface area contributed by atoms with Crippen LogP contribution in [0.5, 0.6) is 0 Å². The van der Waals surface area contributed by atoms with E-state index in [1.54, 1.807) is 50.4 Å². The van der Waals surface area contributed by atoms with Crippen LogP contribution in [0.2, 0.25) is 0 Å². The van der Waals surface area contributed by atoms with Crippen LogP contribution in [0.1, 0.15) is 12.0 Å². The van der Waals surface area contributed by atoms with Crippen molar-refractivity contribution in [3.8, 4) is 11.8 Å². The molecule has 0 spiro atoms. The first kappa shape index (κ1) is 20.6. The maximum absolute atomic E-state index is 14.2. The Labute approximate surface area is 171 Å². The van der Waals surface area contributed by atoms with Crippen molar-refractivity contribution in [1.82, 2.24) is 14.5 Å². The van der Waals surface area contributed by atoms with E-state index < -0.39 is 5.82 Å². The van der Waals surface area contributed by atoms with Crippen LogP contribution in [0.3, 0.4) is 0 Å². The minimum Gasteiger partial charge on any atom is -0.344 e. The van der Waals surface area contributed by atoms with Gasteiger partial charge in [-0.3, -0.25) is 14.2 Å². The van der Waals surface area contributed by atoms with Gasteiger partial charge in [0.2, 0.25) is 5.91 Å². The quantitative estimate of drug-likeness (QED) is 0.460. The lowest BCUT2D eigenvalue weighted by atomic mass is 10.2. The van der Waals surface area contributed by atoms with Crippen LogP contribution in [0, 0.1) is 24.1 Å². The molecular formula is C21H19FN4O2S. The van der Waals surface area contributed by atoms with E-state index in [1.165, 1.54) is 15.5 Å². The first-order chi connectivity index (χ1) is 13.9. The highest BCUT2D eigenvalue weighted by Gasteiger charge is 2.17. The first-order valence-corrected chi connectivity index (χ1v) is 9.93. The van der Waals surface area contributed by atoms with Crippen molar-refractivity contribution in [3.05, 3.63) is 64.2 Å². The zero-order chi connectivity index (χ0) is 21.0. The van der Waals surface area contributed by atoms with Crippen molar-refractivity contribution in [1.29, 1.82) is 5.26 Å². The van der Waals surface area contributed by atoms with Gasteiger partial charge in [-0.05, 0) is 36.8 Å². The highest BCUT2D eigenvalue weighted by Crippen LogP contribution is 2.22. The minimum atomic E-state index is -0.425. The average Bonchev–Trinajstić information content (AvgIpc) is 2.72. The number of fused-ring (bicyclic) bond motifs is 1. The Morgan fingerprint density at radius 2 is 2.07 bits per heavy atom. The number of carbonyl (C=O) groups is 1. The van der Waals surface area contributed by atoms with Gasteiger partial charge in [-0.15, -0.1) is 0 Å². The zero-order valence-corrected chi connectivity index (χ0v) is 16.9. The van der Waals surface area contributed by atoms with Crippen LogP contribution < -0.4 is 5.56 Å².